The van der Waals surface area contributed by atoms with E-state index in [0.717, 1.165) is 18.4 Å². The lowest BCUT2D eigenvalue weighted by Gasteiger charge is -2.29. The number of carbonyl (C=O) groups is 2. The van der Waals surface area contributed by atoms with Gasteiger partial charge >= 0.3 is 5.97 Å². The lowest BCUT2D eigenvalue weighted by Crippen LogP contribution is -2.38. The number of esters is 1. The first-order valence-corrected chi connectivity index (χ1v) is 10.9. The number of ether oxygens (including phenoxy) is 1. The van der Waals surface area contributed by atoms with Crippen LogP contribution >= 0.6 is 11.6 Å². The fraction of sp³-hybridized carbons (Fsp3) is 0.478. The number of hydrogen-bond acceptors (Lipinski definition) is 5. The third-order valence-corrected chi connectivity index (χ3v) is 6.08. The van der Waals surface area contributed by atoms with Gasteiger partial charge in [0.2, 0.25) is 5.91 Å². The zero-order valence-electron chi connectivity index (χ0n) is 18.0. The Hall–Kier alpha value is -2.85. The number of halogens is 1. The highest BCUT2D eigenvalue weighted by atomic mass is 35.5. The Morgan fingerprint density at radius 1 is 1.42 bits per heavy atom. The van der Waals surface area contributed by atoms with Gasteiger partial charge in [0.25, 0.3) is 0 Å². The number of benzene rings is 1. The normalized spacial score (nSPS) is 16.9. The van der Waals surface area contributed by atoms with Crippen LogP contribution in [0.5, 0.6) is 0 Å². The molecule has 1 aliphatic heterocycles. The molecule has 1 aromatic heterocycles. The van der Waals surface area contributed by atoms with Crippen LogP contribution in [0.15, 0.2) is 24.4 Å². The molecule has 0 unspecified atom stereocenters. The summed E-state index contributed by atoms with van der Waals surface area (Å²) in [5.41, 5.74) is 1.90. The SMILES string of the molecule is COC(=O)CC[C@H](C(=O)N1CCC[C@H]1c1ncc(-c2ccc(Cl)cc2C#N)[nH]1)C(C)C. The summed E-state index contributed by atoms with van der Waals surface area (Å²) in [4.78, 5) is 34.7. The molecule has 0 saturated carbocycles. The number of hydrogen-bond donors (Lipinski definition) is 1. The zero-order valence-corrected chi connectivity index (χ0v) is 18.8. The average molecular weight is 443 g/mol. The maximum atomic E-state index is 13.4. The maximum absolute atomic E-state index is 13.4. The third-order valence-electron chi connectivity index (χ3n) is 5.85. The van der Waals surface area contributed by atoms with Crippen LogP contribution < -0.4 is 0 Å². The number of nitrogens with one attached hydrogen (secondary N) is 1. The molecule has 0 bridgehead atoms. The molecule has 7 nitrogen and oxygen atoms in total. The molecule has 3 rings (SSSR count). The van der Waals surface area contributed by atoms with Crippen LogP contribution in [0.4, 0.5) is 0 Å². The summed E-state index contributed by atoms with van der Waals surface area (Å²) < 4.78 is 4.74. The van der Waals surface area contributed by atoms with Gasteiger partial charge in [-0.15, -0.1) is 0 Å². The monoisotopic (exact) mass is 442 g/mol. The molecular formula is C23H27ClN4O3. The van der Waals surface area contributed by atoms with E-state index in [4.69, 9.17) is 16.3 Å². The molecule has 1 aliphatic rings. The number of nitrogens with zero attached hydrogens (tertiary/aromatic N) is 3. The fourth-order valence-electron chi connectivity index (χ4n) is 4.13. The second-order valence-corrected chi connectivity index (χ2v) is 8.58. The van der Waals surface area contributed by atoms with Gasteiger partial charge in [0, 0.05) is 29.5 Å². The molecule has 1 aromatic carbocycles. The number of methoxy groups -OCH3 is 1. The van der Waals surface area contributed by atoms with Gasteiger partial charge in [0.05, 0.1) is 36.7 Å². The fourth-order valence-corrected chi connectivity index (χ4v) is 4.30. The van der Waals surface area contributed by atoms with Crippen molar-refractivity contribution in [2.75, 3.05) is 13.7 Å². The molecule has 164 valence electrons. The van der Waals surface area contributed by atoms with Crippen molar-refractivity contribution >= 4 is 23.5 Å². The molecular weight excluding hydrogens is 416 g/mol. The Balaban J connectivity index is 1.81. The highest BCUT2D eigenvalue weighted by Gasteiger charge is 2.36. The molecule has 8 heteroatoms. The smallest absolute Gasteiger partial charge is 0.305 e. The summed E-state index contributed by atoms with van der Waals surface area (Å²) in [5, 5.41) is 9.93. The first-order chi connectivity index (χ1) is 14.8. The Kier molecular flexibility index (Phi) is 7.34. The molecule has 1 amide bonds. The molecule has 2 heterocycles. The third kappa shape index (κ3) is 5.08. The first-order valence-electron chi connectivity index (χ1n) is 10.5. The molecule has 1 fully saturated rings. The van der Waals surface area contributed by atoms with Crippen molar-refractivity contribution in [2.45, 2.75) is 45.6 Å². The van der Waals surface area contributed by atoms with E-state index in [0.29, 0.717) is 35.1 Å². The number of nitriles is 1. The molecule has 0 aliphatic carbocycles. The van der Waals surface area contributed by atoms with Crippen molar-refractivity contribution in [1.82, 2.24) is 14.9 Å². The number of carbonyl (C=O) groups excluding carboxylic acids is 2. The number of rotatable bonds is 7. The van der Waals surface area contributed by atoms with Crippen LogP contribution in [0.3, 0.4) is 0 Å². The number of imidazole rings is 1. The number of aromatic nitrogens is 2. The predicted molar refractivity (Wildman–Crippen MR) is 117 cm³/mol. The van der Waals surface area contributed by atoms with E-state index in [2.05, 4.69) is 16.0 Å². The van der Waals surface area contributed by atoms with Crippen LogP contribution in [-0.2, 0) is 14.3 Å². The van der Waals surface area contributed by atoms with Crippen LogP contribution in [0.1, 0.15) is 57.0 Å². The molecule has 1 saturated heterocycles. The van der Waals surface area contributed by atoms with Gasteiger partial charge in [-0.1, -0.05) is 31.5 Å². The standard InChI is InChI=1S/C23H27ClN4O3/c1-14(2)17(8-9-21(29)31-3)23(30)28-10-4-5-20(28)22-26-13-19(27-22)18-7-6-16(24)11-15(18)12-25/h6-7,11,13-14,17,20H,4-5,8-10H2,1-3H3,(H,26,27)/t17-,20-/m0/s1. The highest BCUT2D eigenvalue weighted by molar-refractivity contribution is 6.30. The van der Waals surface area contributed by atoms with Crippen LogP contribution in [0.2, 0.25) is 5.02 Å². The zero-order chi connectivity index (χ0) is 22.5. The second kappa shape index (κ2) is 9.97. The summed E-state index contributed by atoms with van der Waals surface area (Å²) in [6.07, 6.45) is 4.08. The van der Waals surface area contributed by atoms with Crippen molar-refractivity contribution < 1.29 is 14.3 Å². The van der Waals surface area contributed by atoms with Gasteiger partial charge in [-0.3, -0.25) is 9.59 Å². The van der Waals surface area contributed by atoms with Crippen molar-refractivity contribution in [2.24, 2.45) is 11.8 Å². The summed E-state index contributed by atoms with van der Waals surface area (Å²) in [5.74, 6) is 0.301. The van der Waals surface area contributed by atoms with Gasteiger partial charge in [-0.25, -0.2) is 4.98 Å². The first kappa shape index (κ1) is 22.8. The molecule has 0 spiro atoms. The van der Waals surface area contributed by atoms with Gasteiger partial charge in [0.15, 0.2) is 0 Å². The van der Waals surface area contributed by atoms with Gasteiger partial charge < -0.3 is 14.6 Å². The van der Waals surface area contributed by atoms with Crippen molar-refractivity contribution in [1.29, 1.82) is 5.26 Å². The summed E-state index contributed by atoms with van der Waals surface area (Å²) in [6, 6.07) is 7.15. The maximum Gasteiger partial charge on any atom is 0.305 e. The summed E-state index contributed by atoms with van der Waals surface area (Å²) in [7, 11) is 1.36. The van der Waals surface area contributed by atoms with Gasteiger partial charge in [0.1, 0.15) is 5.82 Å². The summed E-state index contributed by atoms with van der Waals surface area (Å²) in [6.45, 7) is 4.66. The minimum atomic E-state index is -0.302. The van der Waals surface area contributed by atoms with E-state index in [1.54, 1.807) is 24.4 Å². The van der Waals surface area contributed by atoms with Crippen molar-refractivity contribution in [3.63, 3.8) is 0 Å². The minimum Gasteiger partial charge on any atom is -0.469 e. The van der Waals surface area contributed by atoms with E-state index in [1.165, 1.54) is 7.11 Å². The van der Waals surface area contributed by atoms with Gasteiger partial charge in [-0.2, -0.15) is 5.26 Å². The van der Waals surface area contributed by atoms with Crippen LogP contribution in [0.25, 0.3) is 11.3 Å². The largest absolute Gasteiger partial charge is 0.469 e. The van der Waals surface area contributed by atoms with Crippen molar-refractivity contribution in [3.8, 4) is 17.3 Å². The Labute approximate surface area is 187 Å². The number of aromatic amines is 1. The Bertz CT molecular complexity index is 995. The number of amides is 1. The lowest BCUT2D eigenvalue weighted by molar-refractivity contribution is -0.142. The predicted octanol–water partition coefficient (Wildman–Crippen LogP) is 4.49. The van der Waals surface area contributed by atoms with E-state index < -0.39 is 0 Å². The minimum absolute atomic E-state index is 0.0450. The van der Waals surface area contributed by atoms with Crippen LogP contribution in [-0.4, -0.2) is 40.4 Å². The topological polar surface area (TPSA) is 99.1 Å². The number of likely N-dealkylation sites (tertiary alicyclic amines) is 1. The van der Waals surface area contributed by atoms with Crippen LogP contribution in [0, 0.1) is 23.2 Å². The quantitative estimate of drug-likeness (QED) is 0.637. The van der Waals surface area contributed by atoms with E-state index in [9.17, 15) is 14.9 Å². The Morgan fingerprint density at radius 2 is 2.19 bits per heavy atom. The number of H-pyrrole nitrogens is 1. The molecule has 2 aromatic rings. The summed E-state index contributed by atoms with van der Waals surface area (Å²) >= 11 is 6.01. The molecule has 1 N–H and O–H groups in total. The van der Waals surface area contributed by atoms with E-state index in [-0.39, 0.29) is 36.2 Å². The van der Waals surface area contributed by atoms with Crippen molar-refractivity contribution in [3.05, 3.63) is 40.8 Å². The average Bonchev–Trinajstić information content (AvgIpc) is 3.42. The lowest BCUT2D eigenvalue weighted by atomic mass is 9.89. The second-order valence-electron chi connectivity index (χ2n) is 8.14. The molecule has 2 atom stereocenters. The Morgan fingerprint density at radius 3 is 2.87 bits per heavy atom. The molecule has 31 heavy (non-hydrogen) atoms. The van der Waals surface area contributed by atoms with E-state index in [1.807, 2.05) is 18.7 Å². The highest BCUT2D eigenvalue weighted by Crippen LogP contribution is 2.35. The van der Waals surface area contributed by atoms with E-state index >= 15 is 0 Å². The molecule has 0 radical (unpaired) electrons. The van der Waals surface area contributed by atoms with Gasteiger partial charge in [-0.05, 0) is 37.3 Å².